The van der Waals surface area contributed by atoms with Gasteiger partial charge in [0.2, 0.25) is 0 Å². The van der Waals surface area contributed by atoms with Gasteiger partial charge in [-0.15, -0.1) is 0 Å². The molecule has 0 atom stereocenters. The minimum Gasteiger partial charge on any atom is -0.322 e. The number of anilines is 1. The van der Waals surface area contributed by atoms with Crippen molar-refractivity contribution in [3.05, 3.63) is 77.9 Å². The van der Waals surface area contributed by atoms with Gasteiger partial charge in [0.05, 0.1) is 0 Å². The minimum atomic E-state index is -0.0699. The van der Waals surface area contributed by atoms with E-state index in [0.717, 1.165) is 23.0 Å². The molecule has 3 aromatic rings. The molecular weight excluding hydrogens is 320 g/mol. The standard InChI is InChI=1S/C23H24N2O/c26-23(21-11-10-19-6-2-3-7-20(19)16-21)24-22-12-8-18(9-13-22)17-25-14-4-1-5-15-25/h2-3,6-13,16H,1,4-5,14-15,17H2,(H,24,26). The van der Waals surface area contributed by atoms with Crippen LogP contribution in [0.15, 0.2) is 66.7 Å². The second kappa shape index (κ2) is 7.71. The summed E-state index contributed by atoms with van der Waals surface area (Å²) >= 11 is 0. The second-order valence-corrected chi connectivity index (χ2v) is 7.05. The van der Waals surface area contributed by atoms with Crippen molar-refractivity contribution in [1.82, 2.24) is 4.90 Å². The first-order valence-corrected chi connectivity index (χ1v) is 9.39. The molecule has 0 bridgehead atoms. The summed E-state index contributed by atoms with van der Waals surface area (Å²) in [5.41, 5.74) is 2.82. The molecule has 0 unspecified atom stereocenters. The van der Waals surface area contributed by atoms with E-state index in [1.807, 2.05) is 48.5 Å². The zero-order chi connectivity index (χ0) is 17.8. The highest BCUT2D eigenvalue weighted by Crippen LogP contribution is 2.18. The Morgan fingerprint density at radius 2 is 1.58 bits per heavy atom. The summed E-state index contributed by atoms with van der Waals surface area (Å²) in [6.45, 7) is 3.39. The molecule has 26 heavy (non-hydrogen) atoms. The number of carbonyl (C=O) groups excluding carboxylic acids is 1. The van der Waals surface area contributed by atoms with E-state index in [2.05, 4.69) is 28.4 Å². The Hall–Kier alpha value is -2.65. The van der Waals surface area contributed by atoms with Crippen molar-refractivity contribution in [2.75, 3.05) is 18.4 Å². The molecule has 1 heterocycles. The summed E-state index contributed by atoms with van der Waals surface area (Å²) in [6.07, 6.45) is 3.97. The number of rotatable bonds is 4. The average Bonchev–Trinajstić information content (AvgIpc) is 2.70. The van der Waals surface area contributed by atoms with Gasteiger partial charge < -0.3 is 5.32 Å². The number of hydrogen-bond donors (Lipinski definition) is 1. The number of nitrogens with zero attached hydrogens (tertiary/aromatic N) is 1. The van der Waals surface area contributed by atoms with E-state index >= 15 is 0 Å². The maximum atomic E-state index is 12.5. The van der Waals surface area contributed by atoms with Crippen LogP contribution in [0.2, 0.25) is 0 Å². The zero-order valence-electron chi connectivity index (χ0n) is 14.9. The first-order chi connectivity index (χ1) is 12.8. The van der Waals surface area contributed by atoms with Gasteiger partial charge in [0.25, 0.3) is 5.91 Å². The molecule has 3 aromatic carbocycles. The van der Waals surface area contributed by atoms with Crippen molar-refractivity contribution < 1.29 is 4.79 Å². The fourth-order valence-electron chi connectivity index (χ4n) is 3.60. The Balaban J connectivity index is 1.41. The van der Waals surface area contributed by atoms with Gasteiger partial charge in [-0.05, 0) is 66.5 Å². The maximum absolute atomic E-state index is 12.5. The van der Waals surface area contributed by atoms with Crippen molar-refractivity contribution in [1.29, 1.82) is 0 Å². The van der Waals surface area contributed by atoms with Crippen LogP contribution in [-0.4, -0.2) is 23.9 Å². The van der Waals surface area contributed by atoms with E-state index in [1.54, 1.807) is 0 Å². The Morgan fingerprint density at radius 3 is 2.35 bits per heavy atom. The molecule has 4 rings (SSSR count). The number of carbonyl (C=O) groups is 1. The number of benzene rings is 3. The van der Waals surface area contributed by atoms with Gasteiger partial charge in [0.1, 0.15) is 0 Å². The molecule has 1 aliphatic heterocycles. The fraction of sp³-hybridized carbons (Fsp3) is 0.261. The summed E-state index contributed by atoms with van der Waals surface area (Å²) in [5.74, 6) is -0.0699. The van der Waals surface area contributed by atoms with Gasteiger partial charge in [-0.3, -0.25) is 9.69 Å². The molecule has 1 amide bonds. The molecule has 0 radical (unpaired) electrons. The Labute approximate surface area is 154 Å². The predicted octanol–water partition coefficient (Wildman–Crippen LogP) is 5.08. The van der Waals surface area contributed by atoms with Gasteiger partial charge >= 0.3 is 0 Å². The number of hydrogen-bond acceptors (Lipinski definition) is 2. The van der Waals surface area contributed by atoms with Crippen LogP contribution in [0, 0.1) is 0 Å². The van der Waals surface area contributed by atoms with Crippen molar-refractivity contribution in [2.45, 2.75) is 25.8 Å². The van der Waals surface area contributed by atoms with Gasteiger partial charge in [-0.1, -0.05) is 48.9 Å². The van der Waals surface area contributed by atoms with E-state index in [9.17, 15) is 4.79 Å². The molecule has 1 fully saturated rings. The quantitative estimate of drug-likeness (QED) is 0.716. The van der Waals surface area contributed by atoms with E-state index in [0.29, 0.717) is 5.56 Å². The van der Waals surface area contributed by atoms with Crippen LogP contribution < -0.4 is 5.32 Å². The largest absolute Gasteiger partial charge is 0.322 e. The number of piperidine rings is 1. The lowest BCUT2D eigenvalue weighted by atomic mass is 10.1. The number of likely N-dealkylation sites (tertiary alicyclic amines) is 1. The topological polar surface area (TPSA) is 32.3 Å². The fourth-order valence-corrected chi connectivity index (χ4v) is 3.60. The highest BCUT2D eigenvalue weighted by Gasteiger charge is 2.11. The van der Waals surface area contributed by atoms with Gasteiger partial charge in [0, 0.05) is 17.8 Å². The third kappa shape index (κ3) is 3.94. The van der Waals surface area contributed by atoms with E-state index in [-0.39, 0.29) is 5.91 Å². The Kier molecular flexibility index (Phi) is 4.98. The molecule has 3 nitrogen and oxygen atoms in total. The van der Waals surface area contributed by atoms with Gasteiger partial charge in [-0.25, -0.2) is 0 Å². The van der Waals surface area contributed by atoms with Crippen LogP contribution in [0.3, 0.4) is 0 Å². The molecule has 0 aromatic heterocycles. The third-order valence-corrected chi connectivity index (χ3v) is 5.08. The lowest BCUT2D eigenvalue weighted by Gasteiger charge is -2.26. The normalized spacial score (nSPS) is 15.1. The van der Waals surface area contributed by atoms with Crippen LogP contribution in [0.5, 0.6) is 0 Å². The molecule has 3 heteroatoms. The molecule has 1 N–H and O–H groups in total. The van der Waals surface area contributed by atoms with E-state index < -0.39 is 0 Å². The maximum Gasteiger partial charge on any atom is 0.255 e. The third-order valence-electron chi connectivity index (χ3n) is 5.08. The molecular formula is C23H24N2O. The highest BCUT2D eigenvalue weighted by molar-refractivity contribution is 6.06. The van der Waals surface area contributed by atoms with Crippen LogP contribution in [-0.2, 0) is 6.54 Å². The van der Waals surface area contributed by atoms with Crippen LogP contribution in [0.25, 0.3) is 10.8 Å². The zero-order valence-corrected chi connectivity index (χ0v) is 14.9. The van der Waals surface area contributed by atoms with Crippen LogP contribution in [0.4, 0.5) is 5.69 Å². The van der Waals surface area contributed by atoms with E-state index in [4.69, 9.17) is 0 Å². The molecule has 1 aliphatic rings. The Morgan fingerprint density at radius 1 is 0.846 bits per heavy atom. The molecule has 132 valence electrons. The molecule has 1 saturated heterocycles. The summed E-state index contributed by atoms with van der Waals surface area (Å²) in [7, 11) is 0. The molecule has 0 saturated carbocycles. The summed E-state index contributed by atoms with van der Waals surface area (Å²) < 4.78 is 0. The lowest BCUT2D eigenvalue weighted by Crippen LogP contribution is -2.29. The number of fused-ring (bicyclic) bond motifs is 1. The minimum absolute atomic E-state index is 0.0699. The second-order valence-electron chi connectivity index (χ2n) is 7.05. The summed E-state index contributed by atoms with van der Waals surface area (Å²) in [4.78, 5) is 15.0. The first-order valence-electron chi connectivity index (χ1n) is 9.39. The smallest absolute Gasteiger partial charge is 0.255 e. The van der Waals surface area contributed by atoms with E-state index in [1.165, 1.54) is 37.9 Å². The highest BCUT2D eigenvalue weighted by atomic mass is 16.1. The summed E-state index contributed by atoms with van der Waals surface area (Å²) in [5, 5.41) is 5.23. The predicted molar refractivity (Wildman–Crippen MR) is 107 cm³/mol. The Bertz CT molecular complexity index is 895. The number of amides is 1. The molecule has 0 aliphatic carbocycles. The molecule has 0 spiro atoms. The summed E-state index contributed by atoms with van der Waals surface area (Å²) in [6, 6.07) is 22.1. The SMILES string of the molecule is O=C(Nc1ccc(CN2CCCCC2)cc1)c1ccc2ccccc2c1. The van der Waals surface area contributed by atoms with Gasteiger partial charge in [-0.2, -0.15) is 0 Å². The van der Waals surface area contributed by atoms with Crippen molar-refractivity contribution in [3.63, 3.8) is 0 Å². The van der Waals surface area contributed by atoms with Crippen LogP contribution >= 0.6 is 0 Å². The van der Waals surface area contributed by atoms with Crippen molar-refractivity contribution in [2.24, 2.45) is 0 Å². The first kappa shape index (κ1) is 16.8. The average molecular weight is 344 g/mol. The monoisotopic (exact) mass is 344 g/mol. The van der Waals surface area contributed by atoms with Gasteiger partial charge in [0.15, 0.2) is 0 Å². The van der Waals surface area contributed by atoms with Crippen molar-refractivity contribution in [3.8, 4) is 0 Å². The van der Waals surface area contributed by atoms with Crippen LogP contribution in [0.1, 0.15) is 35.2 Å². The number of nitrogens with one attached hydrogen (secondary N) is 1. The lowest BCUT2D eigenvalue weighted by molar-refractivity contribution is 0.102. The van der Waals surface area contributed by atoms with Crippen molar-refractivity contribution >= 4 is 22.4 Å².